The molecule has 0 radical (unpaired) electrons. The van der Waals surface area contributed by atoms with Gasteiger partial charge in [0.25, 0.3) is 0 Å². The van der Waals surface area contributed by atoms with Crippen molar-refractivity contribution < 1.29 is 24.4 Å². The Morgan fingerprint density at radius 2 is 2.13 bits per heavy atom. The number of benzene rings is 1. The maximum atomic E-state index is 10.9. The van der Waals surface area contributed by atoms with Gasteiger partial charge in [0, 0.05) is 13.2 Å². The number of rotatable bonds is 5. The number of hydrogen-bond donors (Lipinski definition) is 2. The monoisotopic (exact) mass is 322 g/mol. The van der Waals surface area contributed by atoms with E-state index < -0.39 is 5.60 Å². The molecule has 3 rings (SSSR count). The van der Waals surface area contributed by atoms with Crippen molar-refractivity contribution in [3.63, 3.8) is 0 Å². The van der Waals surface area contributed by atoms with Gasteiger partial charge in [-0.15, -0.1) is 0 Å². The second-order valence-electron chi connectivity index (χ2n) is 6.44. The van der Waals surface area contributed by atoms with Gasteiger partial charge >= 0.3 is 0 Å². The zero-order chi connectivity index (χ0) is 16.1. The van der Waals surface area contributed by atoms with Crippen molar-refractivity contribution in [2.45, 2.75) is 57.2 Å². The Labute approximate surface area is 137 Å². The van der Waals surface area contributed by atoms with Gasteiger partial charge in [-0.1, -0.05) is 18.2 Å². The maximum Gasteiger partial charge on any atom is 0.158 e. The molecule has 0 aliphatic carbocycles. The van der Waals surface area contributed by atoms with Crippen LogP contribution in [-0.2, 0) is 33.0 Å². The Bertz CT molecular complexity index is 504. The van der Waals surface area contributed by atoms with E-state index in [1.165, 1.54) is 0 Å². The van der Waals surface area contributed by atoms with E-state index in [1.807, 2.05) is 18.2 Å². The highest BCUT2D eigenvalue weighted by atomic mass is 16.7. The van der Waals surface area contributed by atoms with Gasteiger partial charge in [-0.3, -0.25) is 0 Å². The van der Waals surface area contributed by atoms with Crippen LogP contribution in [0.15, 0.2) is 18.2 Å². The van der Waals surface area contributed by atoms with Gasteiger partial charge in [0.15, 0.2) is 6.29 Å². The minimum atomic E-state index is -1.02. The Hall–Kier alpha value is -0.980. The molecule has 0 amide bonds. The lowest BCUT2D eigenvalue weighted by Gasteiger charge is -2.34. The van der Waals surface area contributed by atoms with E-state index in [1.54, 1.807) is 0 Å². The Morgan fingerprint density at radius 1 is 1.22 bits per heavy atom. The zero-order valence-corrected chi connectivity index (χ0v) is 13.5. The molecule has 2 N–H and O–H groups in total. The highest BCUT2D eigenvalue weighted by molar-refractivity contribution is 5.36. The molecule has 5 heteroatoms. The van der Waals surface area contributed by atoms with Crippen LogP contribution >= 0.6 is 0 Å². The van der Waals surface area contributed by atoms with E-state index in [-0.39, 0.29) is 19.5 Å². The van der Waals surface area contributed by atoms with E-state index in [0.717, 1.165) is 49.0 Å². The molecular weight excluding hydrogens is 296 g/mol. The van der Waals surface area contributed by atoms with Gasteiger partial charge in [0.1, 0.15) is 5.60 Å². The quantitative estimate of drug-likeness (QED) is 0.870. The van der Waals surface area contributed by atoms with Crippen LogP contribution in [-0.4, -0.2) is 36.3 Å². The molecule has 2 aliphatic rings. The standard InChI is InChI=1S/C18H26O5/c19-11-15-6-5-14(12-23-17-4-1-2-9-22-17)10-16(15)18(20)7-3-8-21-13-18/h5-6,10,17,19-20H,1-4,7-9,11-13H2. The second-order valence-corrected chi connectivity index (χ2v) is 6.44. The van der Waals surface area contributed by atoms with Crippen molar-refractivity contribution in [2.75, 3.05) is 19.8 Å². The first-order valence-electron chi connectivity index (χ1n) is 8.48. The first kappa shape index (κ1) is 16.9. The topological polar surface area (TPSA) is 68.2 Å². The van der Waals surface area contributed by atoms with Gasteiger partial charge in [-0.05, 0) is 48.8 Å². The molecule has 2 saturated heterocycles. The third-order valence-corrected chi connectivity index (χ3v) is 4.64. The van der Waals surface area contributed by atoms with Crippen LogP contribution in [0.4, 0.5) is 0 Å². The van der Waals surface area contributed by atoms with Crippen molar-refractivity contribution >= 4 is 0 Å². The minimum Gasteiger partial charge on any atom is -0.392 e. The lowest BCUT2D eigenvalue weighted by Crippen LogP contribution is -2.37. The Kier molecular flexibility index (Phi) is 5.67. The van der Waals surface area contributed by atoms with Crippen LogP contribution in [0.1, 0.15) is 48.8 Å². The molecule has 0 aromatic heterocycles. The van der Waals surface area contributed by atoms with Gasteiger partial charge in [0.2, 0.25) is 0 Å². The van der Waals surface area contributed by atoms with Crippen LogP contribution in [0, 0.1) is 0 Å². The predicted molar refractivity (Wildman–Crippen MR) is 84.7 cm³/mol. The summed E-state index contributed by atoms with van der Waals surface area (Å²) in [6.45, 7) is 2.07. The normalized spacial score (nSPS) is 28.7. The van der Waals surface area contributed by atoms with E-state index in [9.17, 15) is 10.2 Å². The molecule has 2 fully saturated rings. The summed E-state index contributed by atoms with van der Waals surface area (Å²) in [5.74, 6) is 0. The molecule has 0 saturated carbocycles. The summed E-state index contributed by atoms with van der Waals surface area (Å²) in [5, 5.41) is 20.5. The van der Waals surface area contributed by atoms with E-state index in [0.29, 0.717) is 19.6 Å². The molecule has 0 spiro atoms. The summed E-state index contributed by atoms with van der Waals surface area (Å²) in [5.41, 5.74) is 1.46. The summed E-state index contributed by atoms with van der Waals surface area (Å²) >= 11 is 0. The Morgan fingerprint density at radius 3 is 2.83 bits per heavy atom. The SMILES string of the molecule is OCc1ccc(COC2CCCCO2)cc1C1(O)CCCOC1. The summed E-state index contributed by atoms with van der Waals surface area (Å²) in [6, 6.07) is 5.73. The third-order valence-electron chi connectivity index (χ3n) is 4.64. The summed E-state index contributed by atoms with van der Waals surface area (Å²) in [7, 11) is 0. The largest absolute Gasteiger partial charge is 0.392 e. The van der Waals surface area contributed by atoms with Crippen LogP contribution in [0.2, 0.25) is 0 Å². The molecule has 5 nitrogen and oxygen atoms in total. The van der Waals surface area contributed by atoms with Crippen molar-refractivity contribution in [1.29, 1.82) is 0 Å². The summed E-state index contributed by atoms with van der Waals surface area (Å²) < 4.78 is 16.9. The Balaban J connectivity index is 1.72. The lowest BCUT2D eigenvalue weighted by atomic mass is 9.84. The molecule has 2 heterocycles. The van der Waals surface area contributed by atoms with Crippen LogP contribution in [0.25, 0.3) is 0 Å². The first-order valence-corrected chi connectivity index (χ1v) is 8.48. The number of ether oxygens (including phenoxy) is 3. The fourth-order valence-corrected chi connectivity index (χ4v) is 3.31. The molecule has 1 aromatic rings. The number of hydrogen-bond acceptors (Lipinski definition) is 5. The number of aliphatic hydroxyl groups is 2. The summed E-state index contributed by atoms with van der Waals surface area (Å²) in [4.78, 5) is 0. The van der Waals surface area contributed by atoms with Crippen LogP contribution in [0.5, 0.6) is 0 Å². The fourth-order valence-electron chi connectivity index (χ4n) is 3.31. The minimum absolute atomic E-state index is 0.0927. The molecule has 1 aromatic carbocycles. The average Bonchev–Trinajstić information content (AvgIpc) is 2.61. The average molecular weight is 322 g/mol. The highest BCUT2D eigenvalue weighted by Crippen LogP contribution is 2.33. The van der Waals surface area contributed by atoms with Crippen molar-refractivity contribution in [3.8, 4) is 0 Å². The highest BCUT2D eigenvalue weighted by Gasteiger charge is 2.34. The third kappa shape index (κ3) is 4.11. The maximum absolute atomic E-state index is 10.9. The molecule has 23 heavy (non-hydrogen) atoms. The van der Waals surface area contributed by atoms with Crippen molar-refractivity contribution in [2.24, 2.45) is 0 Å². The predicted octanol–water partition coefficient (Wildman–Crippen LogP) is 2.22. The molecule has 2 unspecified atom stereocenters. The molecular formula is C18H26O5. The van der Waals surface area contributed by atoms with Gasteiger partial charge in [-0.25, -0.2) is 0 Å². The fraction of sp³-hybridized carbons (Fsp3) is 0.667. The van der Waals surface area contributed by atoms with Crippen molar-refractivity contribution in [1.82, 2.24) is 0 Å². The zero-order valence-electron chi connectivity index (χ0n) is 13.5. The first-order chi connectivity index (χ1) is 11.2. The number of aliphatic hydroxyl groups excluding tert-OH is 1. The lowest BCUT2D eigenvalue weighted by molar-refractivity contribution is -0.169. The van der Waals surface area contributed by atoms with Gasteiger partial charge < -0.3 is 24.4 Å². The van der Waals surface area contributed by atoms with E-state index in [2.05, 4.69) is 0 Å². The molecule has 2 atom stereocenters. The molecule has 128 valence electrons. The summed E-state index contributed by atoms with van der Waals surface area (Å²) in [6.07, 6.45) is 4.50. The van der Waals surface area contributed by atoms with Crippen molar-refractivity contribution in [3.05, 3.63) is 34.9 Å². The second kappa shape index (κ2) is 7.73. The molecule has 0 bridgehead atoms. The smallest absolute Gasteiger partial charge is 0.158 e. The van der Waals surface area contributed by atoms with E-state index in [4.69, 9.17) is 14.2 Å². The molecule has 2 aliphatic heterocycles. The van der Waals surface area contributed by atoms with Gasteiger partial charge in [0.05, 0.1) is 19.8 Å². The van der Waals surface area contributed by atoms with Crippen LogP contribution < -0.4 is 0 Å². The van der Waals surface area contributed by atoms with Crippen LogP contribution in [0.3, 0.4) is 0 Å². The van der Waals surface area contributed by atoms with Gasteiger partial charge in [-0.2, -0.15) is 0 Å². The van der Waals surface area contributed by atoms with E-state index >= 15 is 0 Å².